The number of hydrogen-bond donors (Lipinski definition) is 2. The van der Waals surface area contributed by atoms with Crippen molar-refractivity contribution in [2.45, 2.75) is 0 Å². The summed E-state index contributed by atoms with van der Waals surface area (Å²) in [5.41, 5.74) is 0.654. The highest BCUT2D eigenvalue weighted by Crippen LogP contribution is 2.29. The maximum absolute atomic E-state index is 9.55. The number of benzene rings is 1. The summed E-state index contributed by atoms with van der Waals surface area (Å²) < 4.78 is 5.26. The van der Waals surface area contributed by atoms with Gasteiger partial charge in [0.05, 0.1) is 0 Å². The van der Waals surface area contributed by atoms with Crippen molar-refractivity contribution in [3.8, 4) is 11.5 Å². The van der Waals surface area contributed by atoms with Crippen LogP contribution in [0.3, 0.4) is 0 Å². The minimum atomic E-state index is 0.208. The fraction of sp³-hybridized carbons (Fsp3) is 0.100. The lowest BCUT2D eigenvalue weighted by Gasteiger charge is -2.06. The average molecular weight is 207 g/mol. The molecule has 0 atom stereocenters. The van der Waals surface area contributed by atoms with Gasteiger partial charge in [0.2, 0.25) is 0 Å². The second kappa shape index (κ2) is 3.75. The Morgan fingerprint density at radius 2 is 2.21 bits per heavy atom. The van der Waals surface area contributed by atoms with E-state index in [1.54, 1.807) is 24.4 Å². The number of nitrogens with zero attached hydrogens (tertiary/aromatic N) is 1. The number of fused-ring (bicyclic) bond motifs is 1. The van der Waals surface area contributed by atoms with Crippen LogP contribution >= 0.6 is 12.6 Å². The molecule has 0 fully saturated rings. The third-order valence-corrected chi connectivity index (χ3v) is 2.06. The molecule has 72 valence electrons. The second-order valence-corrected chi connectivity index (χ2v) is 3.01. The van der Waals surface area contributed by atoms with E-state index in [-0.39, 0.29) is 11.7 Å². The Morgan fingerprint density at radius 1 is 1.36 bits per heavy atom. The molecule has 3 nitrogen and oxygen atoms in total. The Balaban J connectivity index is 2.68. The maximum Gasteiger partial charge on any atom is 0.146 e. The molecule has 2 rings (SSSR count). The Hall–Kier alpha value is -1.42. The van der Waals surface area contributed by atoms with Gasteiger partial charge in [0, 0.05) is 11.6 Å². The Kier molecular flexibility index (Phi) is 2.45. The molecular weight excluding hydrogens is 198 g/mol. The van der Waals surface area contributed by atoms with Gasteiger partial charge in [-0.2, -0.15) is 0 Å². The van der Waals surface area contributed by atoms with Crippen molar-refractivity contribution < 1.29 is 9.84 Å². The van der Waals surface area contributed by atoms with E-state index in [1.807, 2.05) is 6.07 Å². The molecule has 2 aromatic rings. The van der Waals surface area contributed by atoms with Crippen LogP contribution in [0.25, 0.3) is 10.9 Å². The van der Waals surface area contributed by atoms with Gasteiger partial charge >= 0.3 is 0 Å². The predicted octanol–water partition coefficient (Wildman–Crippen LogP) is 2.21. The van der Waals surface area contributed by atoms with Gasteiger partial charge in [-0.05, 0) is 18.2 Å². The van der Waals surface area contributed by atoms with Crippen molar-refractivity contribution in [3.05, 3.63) is 30.5 Å². The zero-order valence-corrected chi connectivity index (χ0v) is 8.24. The minimum Gasteiger partial charge on any atom is -0.507 e. The summed E-state index contributed by atoms with van der Waals surface area (Å²) in [6.45, 7) is 0. The van der Waals surface area contributed by atoms with Crippen molar-refractivity contribution in [3.63, 3.8) is 0 Å². The molecule has 0 radical (unpaired) electrons. The van der Waals surface area contributed by atoms with Gasteiger partial charge in [-0.1, -0.05) is 6.07 Å². The van der Waals surface area contributed by atoms with Crippen LogP contribution in [-0.2, 0) is 0 Å². The van der Waals surface area contributed by atoms with Gasteiger partial charge in [-0.3, -0.25) is 4.98 Å². The lowest BCUT2D eigenvalue weighted by Crippen LogP contribution is -1.91. The van der Waals surface area contributed by atoms with Gasteiger partial charge in [-0.15, -0.1) is 12.6 Å². The normalized spacial score (nSPS) is 10.4. The molecule has 4 heteroatoms. The summed E-state index contributed by atoms with van der Waals surface area (Å²) in [6, 6.07) is 6.95. The molecule has 0 saturated heterocycles. The van der Waals surface area contributed by atoms with Crippen molar-refractivity contribution in [2.24, 2.45) is 0 Å². The van der Waals surface area contributed by atoms with Gasteiger partial charge < -0.3 is 9.84 Å². The Morgan fingerprint density at radius 3 is 3.00 bits per heavy atom. The van der Waals surface area contributed by atoms with Crippen molar-refractivity contribution in [1.29, 1.82) is 0 Å². The molecule has 0 aliphatic rings. The number of thiol groups is 1. The largest absolute Gasteiger partial charge is 0.507 e. The highest BCUT2D eigenvalue weighted by atomic mass is 32.1. The molecule has 1 heterocycles. The van der Waals surface area contributed by atoms with Crippen molar-refractivity contribution in [2.75, 3.05) is 5.94 Å². The van der Waals surface area contributed by atoms with Gasteiger partial charge in [0.1, 0.15) is 23.0 Å². The van der Waals surface area contributed by atoms with E-state index in [4.69, 9.17) is 4.74 Å². The summed E-state index contributed by atoms with van der Waals surface area (Å²) in [5, 5.41) is 10.2. The zero-order valence-electron chi connectivity index (χ0n) is 7.34. The number of hydrogen-bond acceptors (Lipinski definition) is 4. The summed E-state index contributed by atoms with van der Waals surface area (Å²) in [7, 11) is 0. The predicted molar refractivity (Wildman–Crippen MR) is 57.9 cm³/mol. The molecular formula is C10H9NO2S. The molecule has 1 N–H and O–H groups in total. The van der Waals surface area contributed by atoms with E-state index < -0.39 is 0 Å². The van der Waals surface area contributed by atoms with Gasteiger partial charge in [0.25, 0.3) is 0 Å². The maximum atomic E-state index is 9.55. The number of aromatic nitrogens is 1. The number of pyridine rings is 1. The van der Waals surface area contributed by atoms with Gasteiger partial charge in [0.15, 0.2) is 0 Å². The van der Waals surface area contributed by atoms with Crippen molar-refractivity contribution in [1.82, 2.24) is 4.98 Å². The van der Waals surface area contributed by atoms with E-state index in [1.165, 1.54) is 0 Å². The lowest BCUT2D eigenvalue weighted by atomic mass is 10.2. The number of rotatable bonds is 2. The van der Waals surface area contributed by atoms with Crippen LogP contribution in [0.4, 0.5) is 0 Å². The Labute approximate surface area is 86.8 Å². The summed E-state index contributed by atoms with van der Waals surface area (Å²) >= 11 is 3.97. The highest BCUT2D eigenvalue weighted by molar-refractivity contribution is 7.80. The van der Waals surface area contributed by atoms with Crippen LogP contribution in [0.15, 0.2) is 30.5 Å². The molecule has 0 spiro atoms. The van der Waals surface area contributed by atoms with Crippen LogP contribution in [0.5, 0.6) is 11.5 Å². The monoisotopic (exact) mass is 207 g/mol. The third-order valence-electron chi connectivity index (χ3n) is 1.93. The molecule has 0 bridgehead atoms. The number of aromatic hydroxyl groups is 1. The summed E-state index contributed by atoms with van der Waals surface area (Å²) in [4.78, 5) is 4.14. The van der Waals surface area contributed by atoms with Crippen LogP contribution in [0.2, 0.25) is 0 Å². The smallest absolute Gasteiger partial charge is 0.146 e. The Bertz CT molecular complexity index is 459. The molecule has 0 saturated carbocycles. The van der Waals surface area contributed by atoms with Crippen LogP contribution in [-0.4, -0.2) is 16.0 Å². The van der Waals surface area contributed by atoms with E-state index >= 15 is 0 Å². The zero-order chi connectivity index (χ0) is 9.97. The SMILES string of the molecule is Oc1ccnc2c(OCS)cccc12. The second-order valence-electron chi connectivity index (χ2n) is 2.76. The number of ether oxygens (including phenoxy) is 1. The summed E-state index contributed by atoms with van der Waals surface area (Å²) in [6.07, 6.45) is 1.54. The first-order valence-corrected chi connectivity index (χ1v) is 4.76. The van der Waals surface area contributed by atoms with Crippen molar-refractivity contribution >= 4 is 23.5 Å². The van der Waals surface area contributed by atoms with Crippen LogP contribution < -0.4 is 4.74 Å². The molecule has 0 aliphatic heterocycles. The first kappa shape index (κ1) is 9.15. The minimum absolute atomic E-state index is 0.208. The molecule has 0 aliphatic carbocycles. The molecule has 1 aromatic carbocycles. The topological polar surface area (TPSA) is 42.4 Å². The summed E-state index contributed by atoms with van der Waals surface area (Å²) in [5.74, 6) is 1.13. The molecule has 14 heavy (non-hydrogen) atoms. The van der Waals surface area contributed by atoms with E-state index in [0.29, 0.717) is 16.7 Å². The molecule has 1 aromatic heterocycles. The van der Waals surface area contributed by atoms with E-state index in [2.05, 4.69) is 17.6 Å². The third kappa shape index (κ3) is 1.48. The van der Waals surface area contributed by atoms with E-state index in [0.717, 1.165) is 0 Å². The first-order chi connectivity index (χ1) is 6.83. The highest BCUT2D eigenvalue weighted by Gasteiger charge is 2.05. The quantitative estimate of drug-likeness (QED) is 0.586. The van der Waals surface area contributed by atoms with Crippen LogP contribution in [0, 0.1) is 0 Å². The van der Waals surface area contributed by atoms with Crippen LogP contribution in [0.1, 0.15) is 0 Å². The fourth-order valence-electron chi connectivity index (χ4n) is 1.32. The first-order valence-electron chi connectivity index (χ1n) is 4.13. The number of para-hydroxylation sites is 1. The van der Waals surface area contributed by atoms with E-state index in [9.17, 15) is 5.11 Å². The average Bonchev–Trinajstić information content (AvgIpc) is 2.20. The molecule has 0 amide bonds. The fourth-order valence-corrected chi connectivity index (χ4v) is 1.46. The lowest BCUT2D eigenvalue weighted by molar-refractivity contribution is 0.398. The molecule has 0 unspecified atom stereocenters. The van der Waals surface area contributed by atoms with Gasteiger partial charge in [-0.25, -0.2) is 0 Å². The standard InChI is InChI=1S/C10H9NO2S/c12-8-4-5-11-10-7(8)2-1-3-9(10)13-6-14/h1-5,14H,6H2,(H,11,12).